The molecule has 1 fully saturated rings. The van der Waals surface area contributed by atoms with Crippen LogP contribution < -0.4 is 0 Å². The topological polar surface area (TPSA) is 90.3 Å². The number of aryl methyl sites for hydroxylation is 1. The zero-order valence-corrected chi connectivity index (χ0v) is 14.2. The number of hydrogen-bond acceptors (Lipinski definition) is 8. The van der Waals surface area contributed by atoms with Crippen molar-refractivity contribution in [1.29, 1.82) is 0 Å². The van der Waals surface area contributed by atoms with Gasteiger partial charge in [0.1, 0.15) is 6.10 Å². The molecule has 0 spiro atoms. The number of hydrogen-bond donors (Lipinski definition) is 0. The van der Waals surface area contributed by atoms with Crippen LogP contribution in [-0.4, -0.2) is 44.4 Å². The highest BCUT2D eigenvalue weighted by molar-refractivity contribution is 5.00. The molecule has 8 heteroatoms. The molecular formula is C15H23N5O3. The molecule has 2 aromatic heterocycles. The summed E-state index contributed by atoms with van der Waals surface area (Å²) in [6.45, 7) is 12.0. The van der Waals surface area contributed by atoms with Crippen molar-refractivity contribution in [3.8, 4) is 0 Å². The minimum absolute atomic E-state index is 0.0611. The largest absolute Gasteiger partial charge is 0.423 e. The Hall–Kier alpha value is -1.80. The monoisotopic (exact) mass is 321 g/mol. The predicted octanol–water partition coefficient (Wildman–Crippen LogP) is 2.02. The van der Waals surface area contributed by atoms with E-state index in [9.17, 15) is 0 Å². The second kappa shape index (κ2) is 6.01. The third kappa shape index (κ3) is 3.76. The van der Waals surface area contributed by atoms with Crippen molar-refractivity contribution in [3.63, 3.8) is 0 Å². The second-order valence-electron chi connectivity index (χ2n) is 7.05. The standard InChI is InChI=1S/C15H23N5O3/c1-9-6-20(7-11(21-9)13-18-17-10(2)22-13)8-12-16-14(19-23-12)15(3,4)5/h9,11H,6-8H2,1-5H3/t9-,11-/m1/s1. The third-order valence-electron chi connectivity index (χ3n) is 3.65. The molecule has 0 unspecified atom stereocenters. The molecule has 126 valence electrons. The molecule has 2 aromatic rings. The highest BCUT2D eigenvalue weighted by Crippen LogP contribution is 2.25. The lowest BCUT2D eigenvalue weighted by molar-refractivity contribution is -0.0935. The van der Waals surface area contributed by atoms with Gasteiger partial charge in [0.15, 0.2) is 5.82 Å². The summed E-state index contributed by atoms with van der Waals surface area (Å²) in [7, 11) is 0. The molecule has 2 atom stereocenters. The Balaban J connectivity index is 1.69. The zero-order valence-electron chi connectivity index (χ0n) is 14.2. The van der Waals surface area contributed by atoms with E-state index in [2.05, 4.69) is 46.0 Å². The third-order valence-corrected chi connectivity index (χ3v) is 3.65. The number of ether oxygens (including phenoxy) is 1. The first-order valence-electron chi connectivity index (χ1n) is 7.82. The van der Waals surface area contributed by atoms with Crippen molar-refractivity contribution in [2.75, 3.05) is 13.1 Å². The first-order valence-corrected chi connectivity index (χ1v) is 7.82. The van der Waals surface area contributed by atoms with Gasteiger partial charge in [-0.3, -0.25) is 4.90 Å². The molecule has 0 N–H and O–H groups in total. The van der Waals surface area contributed by atoms with Gasteiger partial charge in [0.05, 0.1) is 12.6 Å². The Morgan fingerprint density at radius 3 is 2.61 bits per heavy atom. The molecule has 1 aliphatic rings. The van der Waals surface area contributed by atoms with Crippen LogP contribution in [0.3, 0.4) is 0 Å². The summed E-state index contributed by atoms with van der Waals surface area (Å²) in [6, 6.07) is 0. The lowest BCUT2D eigenvalue weighted by atomic mass is 9.96. The van der Waals surface area contributed by atoms with E-state index in [1.165, 1.54) is 0 Å². The SMILES string of the molecule is Cc1nnc([C@H]2CN(Cc3nc(C(C)(C)C)no3)C[C@@H](C)O2)o1. The summed E-state index contributed by atoms with van der Waals surface area (Å²) < 4.78 is 16.8. The fraction of sp³-hybridized carbons (Fsp3) is 0.733. The lowest BCUT2D eigenvalue weighted by Gasteiger charge is -2.34. The van der Waals surface area contributed by atoms with Gasteiger partial charge >= 0.3 is 0 Å². The van der Waals surface area contributed by atoms with Crippen LogP contribution in [-0.2, 0) is 16.7 Å². The normalized spacial score (nSPS) is 23.3. The van der Waals surface area contributed by atoms with Crippen LogP contribution in [0.2, 0.25) is 0 Å². The summed E-state index contributed by atoms with van der Waals surface area (Å²) in [5, 5.41) is 12.0. The Morgan fingerprint density at radius 1 is 1.22 bits per heavy atom. The summed E-state index contributed by atoms with van der Waals surface area (Å²) in [5.74, 6) is 2.39. The Labute approximate surface area is 135 Å². The van der Waals surface area contributed by atoms with Crippen molar-refractivity contribution in [2.45, 2.75) is 58.8 Å². The van der Waals surface area contributed by atoms with Gasteiger partial charge in [0.2, 0.25) is 17.7 Å². The van der Waals surface area contributed by atoms with Gasteiger partial charge in [-0.2, -0.15) is 4.98 Å². The first-order chi connectivity index (χ1) is 10.8. The van der Waals surface area contributed by atoms with Crippen molar-refractivity contribution in [3.05, 3.63) is 23.5 Å². The van der Waals surface area contributed by atoms with Crippen LogP contribution in [0.1, 0.15) is 57.3 Å². The highest BCUT2D eigenvalue weighted by atomic mass is 16.5. The summed E-state index contributed by atoms with van der Waals surface area (Å²) in [4.78, 5) is 6.70. The van der Waals surface area contributed by atoms with Gasteiger partial charge in [-0.25, -0.2) is 0 Å². The maximum atomic E-state index is 5.91. The quantitative estimate of drug-likeness (QED) is 0.848. The molecule has 0 amide bonds. The minimum atomic E-state index is -0.232. The predicted molar refractivity (Wildman–Crippen MR) is 80.6 cm³/mol. The summed E-state index contributed by atoms with van der Waals surface area (Å²) >= 11 is 0. The van der Waals surface area contributed by atoms with E-state index in [1.807, 2.05) is 6.92 Å². The molecule has 1 saturated heterocycles. The van der Waals surface area contributed by atoms with Crippen LogP contribution in [0.5, 0.6) is 0 Å². The Morgan fingerprint density at radius 2 is 2.00 bits per heavy atom. The molecule has 1 aliphatic heterocycles. The van der Waals surface area contributed by atoms with Crippen molar-refractivity contribution < 1.29 is 13.7 Å². The number of rotatable bonds is 3. The second-order valence-corrected chi connectivity index (χ2v) is 7.05. The van der Waals surface area contributed by atoms with Gasteiger partial charge in [-0.05, 0) is 6.92 Å². The van der Waals surface area contributed by atoms with E-state index in [0.717, 1.165) is 12.4 Å². The van der Waals surface area contributed by atoms with Gasteiger partial charge < -0.3 is 13.7 Å². The zero-order chi connectivity index (χ0) is 16.6. The van der Waals surface area contributed by atoms with Gasteiger partial charge in [0.25, 0.3) is 0 Å². The molecule has 3 heterocycles. The molecule has 0 bridgehead atoms. The van der Waals surface area contributed by atoms with Crippen molar-refractivity contribution >= 4 is 0 Å². The number of nitrogens with zero attached hydrogens (tertiary/aromatic N) is 5. The molecular weight excluding hydrogens is 298 g/mol. The molecule has 23 heavy (non-hydrogen) atoms. The van der Waals surface area contributed by atoms with Gasteiger partial charge in [0, 0.05) is 25.4 Å². The van der Waals surface area contributed by atoms with E-state index in [1.54, 1.807) is 6.92 Å². The average molecular weight is 321 g/mol. The van der Waals surface area contributed by atoms with Crippen LogP contribution in [0.4, 0.5) is 0 Å². The van der Waals surface area contributed by atoms with E-state index in [4.69, 9.17) is 13.7 Å². The van der Waals surface area contributed by atoms with Gasteiger partial charge in [-0.1, -0.05) is 25.9 Å². The molecule has 3 rings (SSSR count). The maximum absolute atomic E-state index is 5.91. The smallest absolute Gasteiger partial charge is 0.246 e. The van der Waals surface area contributed by atoms with Crippen LogP contribution in [0, 0.1) is 6.92 Å². The summed E-state index contributed by atoms with van der Waals surface area (Å²) in [6.07, 6.45) is -0.170. The van der Waals surface area contributed by atoms with E-state index >= 15 is 0 Å². The van der Waals surface area contributed by atoms with Crippen LogP contribution in [0.25, 0.3) is 0 Å². The molecule has 0 saturated carbocycles. The number of morpholine rings is 1. The molecule has 0 radical (unpaired) electrons. The van der Waals surface area contributed by atoms with Crippen molar-refractivity contribution in [2.24, 2.45) is 0 Å². The fourth-order valence-electron chi connectivity index (χ4n) is 2.56. The Kier molecular flexibility index (Phi) is 4.20. The van der Waals surface area contributed by atoms with Crippen LogP contribution in [0.15, 0.2) is 8.94 Å². The molecule has 0 aliphatic carbocycles. The summed E-state index contributed by atoms with van der Waals surface area (Å²) in [5.41, 5.74) is -0.121. The molecule has 8 nitrogen and oxygen atoms in total. The Bertz CT molecular complexity index is 660. The van der Waals surface area contributed by atoms with E-state index in [0.29, 0.717) is 30.8 Å². The minimum Gasteiger partial charge on any atom is -0.423 e. The maximum Gasteiger partial charge on any atom is 0.246 e. The molecule has 0 aromatic carbocycles. The van der Waals surface area contributed by atoms with E-state index < -0.39 is 0 Å². The lowest BCUT2D eigenvalue weighted by Crippen LogP contribution is -2.42. The first kappa shape index (κ1) is 16.1. The number of aromatic nitrogens is 4. The van der Waals surface area contributed by atoms with Gasteiger partial charge in [-0.15, -0.1) is 10.2 Å². The fourth-order valence-corrected chi connectivity index (χ4v) is 2.56. The van der Waals surface area contributed by atoms with Crippen LogP contribution >= 0.6 is 0 Å². The highest BCUT2D eigenvalue weighted by Gasteiger charge is 2.31. The average Bonchev–Trinajstić information content (AvgIpc) is 3.06. The van der Waals surface area contributed by atoms with Crippen molar-refractivity contribution in [1.82, 2.24) is 25.2 Å². The van der Waals surface area contributed by atoms with E-state index in [-0.39, 0.29) is 17.6 Å².